The molecule has 3 heterocycles. The second kappa shape index (κ2) is 18.6. The van der Waals surface area contributed by atoms with Crippen LogP contribution in [0.1, 0.15) is 116 Å². The monoisotopic (exact) mass is 1130 g/mol. The third-order valence-corrected chi connectivity index (χ3v) is 14.1. The van der Waals surface area contributed by atoms with Gasteiger partial charge in [-0.3, -0.25) is 0 Å². The van der Waals surface area contributed by atoms with E-state index in [4.69, 9.17) is 9.72 Å². The summed E-state index contributed by atoms with van der Waals surface area (Å²) >= 11 is 0. The van der Waals surface area contributed by atoms with Crippen molar-refractivity contribution in [2.24, 2.45) is 0 Å². The van der Waals surface area contributed by atoms with E-state index in [2.05, 4.69) is 258 Å². The average molecular weight is 1130 g/mol. The Labute approximate surface area is 444 Å². The number of aryl methyl sites for hydroxylation is 2. The molecule has 0 bridgehead atoms. The molecule has 72 heavy (non-hydrogen) atoms. The number of rotatable bonds is 6. The molecular formula is C66H67N4OPt-3. The molecule has 0 unspecified atom stereocenters. The zero-order valence-electron chi connectivity index (χ0n) is 44.4. The normalized spacial score (nSPS) is 13.4. The maximum Gasteiger partial charge on any atom is 0.135 e. The SMILES string of the molecule is Cc1cc(C(C)(C)C)cc(C)c1-c1cc(C(C)(C)C)c(N2[CH-]N(c3[c-]c(Oc4[c-]c5c(cc4)-c4ccccc4-c4ccccc4N5c4cc(C(C)(C)C)ccn4)ccc3)c3ccccc32)c(C(C)(C)C)c1.[Pt]. The number of ether oxygens (including phenoxy) is 1. The van der Waals surface area contributed by atoms with Gasteiger partial charge in [0.05, 0.1) is 5.69 Å². The number of fused-ring (bicyclic) bond motifs is 6. The summed E-state index contributed by atoms with van der Waals surface area (Å²) in [4.78, 5) is 11.9. The van der Waals surface area contributed by atoms with Crippen LogP contribution in [0.3, 0.4) is 0 Å². The van der Waals surface area contributed by atoms with Gasteiger partial charge in [0.1, 0.15) is 5.82 Å². The molecule has 7 aromatic carbocycles. The molecule has 2 aliphatic rings. The molecule has 1 aromatic heterocycles. The number of anilines is 7. The number of benzene rings is 7. The Morgan fingerprint density at radius 1 is 0.486 bits per heavy atom. The van der Waals surface area contributed by atoms with Gasteiger partial charge >= 0.3 is 0 Å². The van der Waals surface area contributed by atoms with E-state index in [-0.39, 0.29) is 42.7 Å². The fourth-order valence-corrected chi connectivity index (χ4v) is 10.4. The van der Waals surface area contributed by atoms with E-state index in [1.54, 1.807) is 0 Å². The summed E-state index contributed by atoms with van der Waals surface area (Å²) in [5.74, 6) is 2.00. The standard InChI is InChI=1S/C66H67N4O.Pt/c1-42-34-46(64(6,7)8)35-43(2)61(42)44-36-54(65(9,10)11)62(55(37-44)66(12,13)14)69-41-68(57-28-19-20-29-58(57)69)47-22-21-23-48(39-47)71-49-30-31-53-51-25-16-15-24-50(51)52-26-17-18-27-56(52)70(59(53)40-49)60-38-45(32-33-67-60)63(3,4)5;/h15-38,41H,1-14H3;/q-3;. The Morgan fingerprint density at radius 2 is 1.03 bits per heavy atom. The van der Waals surface area contributed by atoms with Crippen molar-refractivity contribution >= 4 is 39.9 Å². The topological polar surface area (TPSA) is 31.8 Å². The van der Waals surface area contributed by atoms with Crippen molar-refractivity contribution in [3.63, 3.8) is 0 Å². The van der Waals surface area contributed by atoms with E-state index < -0.39 is 0 Å². The van der Waals surface area contributed by atoms with Crippen molar-refractivity contribution in [1.82, 2.24) is 4.98 Å². The summed E-state index contributed by atoms with van der Waals surface area (Å²) in [5, 5.41) is 0. The Hall–Kier alpha value is -6.42. The molecule has 0 aliphatic carbocycles. The summed E-state index contributed by atoms with van der Waals surface area (Å²) in [7, 11) is 0. The zero-order chi connectivity index (χ0) is 50.4. The van der Waals surface area contributed by atoms with Gasteiger partial charge in [0.15, 0.2) is 0 Å². The van der Waals surface area contributed by atoms with Gasteiger partial charge in [0.2, 0.25) is 0 Å². The van der Waals surface area contributed by atoms with Crippen LogP contribution >= 0.6 is 0 Å². The number of aromatic nitrogens is 1. The first kappa shape index (κ1) is 50.5. The summed E-state index contributed by atoms with van der Waals surface area (Å²) in [5.41, 5.74) is 20.7. The Bertz CT molecular complexity index is 3300. The molecule has 370 valence electrons. The first-order valence-electron chi connectivity index (χ1n) is 25.1. The molecule has 0 fully saturated rings. The fraction of sp³-hybridized carbons (Fsp3) is 0.273. The number of para-hydroxylation sites is 3. The maximum atomic E-state index is 6.84. The number of nitrogens with zero attached hydrogens (tertiary/aromatic N) is 4. The van der Waals surface area contributed by atoms with Crippen LogP contribution in [0.5, 0.6) is 11.5 Å². The summed E-state index contributed by atoms with van der Waals surface area (Å²) < 4.78 is 6.84. The van der Waals surface area contributed by atoms with Crippen LogP contribution < -0.4 is 19.4 Å². The number of hydrogen-bond donors (Lipinski definition) is 0. The van der Waals surface area contributed by atoms with Crippen LogP contribution in [0.4, 0.5) is 39.9 Å². The summed E-state index contributed by atoms with van der Waals surface area (Å²) in [6.07, 6.45) is 1.92. The summed E-state index contributed by atoms with van der Waals surface area (Å²) in [6, 6.07) is 57.7. The van der Waals surface area contributed by atoms with Crippen LogP contribution in [0.2, 0.25) is 0 Å². The van der Waals surface area contributed by atoms with Crippen LogP contribution in [0, 0.1) is 32.6 Å². The number of hydrogen-bond acceptors (Lipinski definition) is 5. The van der Waals surface area contributed by atoms with Crippen molar-refractivity contribution in [3.05, 3.63) is 198 Å². The molecule has 2 aliphatic heterocycles. The fourth-order valence-electron chi connectivity index (χ4n) is 10.4. The van der Waals surface area contributed by atoms with Crippen LogP contribution in [-0.4, -0.2) is 4.98 Å². The first-order valence-corrected chi connectivity index (χ1v) is 25.1. The second-order valence-corrected chi connectivity index (χ2v) is 23.6. The van der Waals surface area contributed by atoms with Gasteiger partial charge < -0.3 is 19.4 Å². The minimum Gasteiger partial charge on any atom is -0.509 e. The first-order chi connectivity index (χ1) is 33.6. The van der Waals surface area contributed by atoms with Gasteiger partial charge in [-0.2, -0.15) is 12.1 Å². The molecule has 0 amide bonds. The van der Waals surface area contributed by atoms with Gasteiger partial charge in [-0.1, -0.05) is 161 Å². The Kier molecular flexibility index (Phi) is 13.0. The predicted octanol–water partition coefficient (Wildman–Crippen LogP) is 18.5. The largest absolute Gasteiger partial charge is 0.509 e. The van der Waals surface area contributed by atoms with Crippen LogP contribution in [0.25, 0.3) is 33.4 Å². The van der Waals surface area contributed by atoms with E-state index in [0.29, 0.717) is 11.5 Å². The molecule has 0 spiro atoms. The third-order valence-electron chi connectivity index (χ3n) is 14.1. The minimum absolute atomic E-state index is 0. The van der Waals surface area contributed by atoms with Gasteiger partial charge in [-0.25, -0.2) is 4.98 Å². The molecule has 8 aromatic rings. The van der Waals surface area contributed by atoms with Gasteiger partial charge in [0.25, 0.3) is 0 Å². The third kappa shape index (κ3) is 9.30. The van der Waals surface area contributed by atoms with Crippen molar-refractivity contribution < 1.29 is 25.8 Å². The molecule has 0 atom stereocenters. The van der Waals surface area contributed by atoms with Crippen LogP contribution in [0.15, 0.2) is 146 Å². The minimum atomic E-state index is -0.176. The van der Waals surface area contributed by atoms with E-state index >= 15 is 0 Å². The Morgan fingerprint density at radius 3 is 1.62 bits per heavy atom. The molecule has 0 N–H and O–H groups in total. The molecule has 6 heteroatoms. The Balaban J connectivity index is 0.00000640. The van der Waals surface area contributed by atoms with Crippen molar-refractivity contribution in [1.29, 1.82) is 0 Å². The average Bonchev–Trinajstić information content (AvgIpc) is 3.65. The quantitative estimate of drug-likeness (QED) is 0.155. The van der Waals surface area contributed by atoms with Gasteiger partial charge in [0, 0.05) is 61.4 Å². The number of pyridine rings is 1. The van der Waals surface area contributed by atoms with E-state index in [9.17, 15) is 0 Å². The molecule has 0 radical (unpaired) electrons. The molecule has 5 nitrogen and oxygen atoms in total. The molecule has 0 saturated heterocycles. The van der Waals surface area contributed by atoms with Crippen LogP contribution in [-0.2, 0) is 42.7 Å². The molecule has 0 saturated carbocycles. The van der Waals surface area contributed by atoms with E-state index in [1.807, 2.05) is 18.3 Å². The smallest absolute Gasteiger partial charge is 0.135 e. The zero-order valence-corrected chi connectivity index (χ0v) is 46.7. The van der Waals surface area contributed by atoms with E-state index in [0.717, 1.165) is 56.5 Å². The van der Waals surface area contributed by atoms with Crippen molar-refractivity contribution in [2.75, 3.05) is 14.7 Å². The van der Waals surface area contributed by atoms with Crippen molar-refractivity contribution in [3.8, 4) is 44.9 Å². The second-order valence-electron chi connectivity index (χ2n) is 23.6. The summed E-state index contributed by atoms with van der Waals surface area (Å²) in [6.45, 7) is 34.5. The maximum absolute atomic E-state index is 6.84. The molecular weight excluding hydrogens is 1060 g/mol. The predicted molar refractivity (Wildman–Crippen MR) is 299 cm³/mol. The van der Waals surface area contributed by atoms with E-state index in [1.165, 1.54) is 50.2 Å². The molecule has 10 rings (SSSR count). The van der Waals surface area contributed by atoms with Gasteiger partial charge in [-0.05, 0) is 128 Å². The van der Waals surface area contributed by atoms with Crippen molar-refractivity contribution in [2.45, 2.75) is 119 Å². The van der Waals surface area contributed by atoms with Gasteiger partial charge in [-0.15, -0.1) is 48.3 Å².